The molecule has 0 fully saturated rings. The van der Waals surface area contributed by atoms with Crippen LogP contribution in [-0.4, -0.2) is 37.5 Å². The number of carbonyl (C=O) groups is 3. The fourth-order valence-electron chi connectivity index (χ4n) is 3.77. The zero-order chi connectivity index (χ0) is 24.1. The Morgan fingerprint density at radius 1 is 1.00 bits per heavy atom. The van der Waals surface area contributed by atoms with E-state index >= 15 is 0 Å². The van der Waals surface area contributed by atoms with Crippen molar-refractivity contribution in [3.8, 4) is 11.5 Å². The minimum atomic E-state index is -1.03. The van der Waals surface area contributed by atoms with Crippen LogP contribution in [0.2, 0.25) is 0 Å². The van der Waals surface area contributed by atoms with E-state index in [2.05, 4.69) is 10.6 Å². The fourth-order valence-corrected chi connectivity index (χ4v) is 3.77. The van der Waals surface area contributed by atoms with Crippen molar-refractivity contribution in [2.45, 2.75) is 19.4 Å². The van der Waals surface area contributed by atoms with Crippen LogP contribution in [0, 0.1) is 6.92 Å². The van der Waals surface area contributed by atoms with Crippen molar-refractivity contribution in [1.82, 2.24) is 0 Å². The lowest BCUT2D eigenvalue weighted by Gasteiger charge is -2.36. The molecule has 1 atom stereocenters. The number of anilines is 3. The highest BCUT2D eigenvalue weighted by molar-refractivity contribution is 6.14. The van der Waals surface area contributed by atoms with Crippen LogP contribution in [0.25, 0.3) is 0 Å². The van der Waals surface area contributed by atoms with Crippen LogP contribution < -0.4 is 25.0 Å². The Labute approximate surface area is 197 Å². The van der Waals surface area contributed by atoms with Gasteiger partial charge in [-0.25, -0.2) is 0 Å². The van der Waals surface area contributed by atoms with Crippen molar-refractivity contribution in [3.63, 3.8) is 0 Å². The first kappa shape index (κ1) is 22.8. The van der Waals surface area contributed by atoms with E-state index in [0.29, 0.717) is 28.6 Å². The van der Waals surface area contributed by atoms with Gasteiger partial charge in [-0.3, -0.25) is 19.3 Å². The van der Waals surface area contributed by atoms with Crippen molar-refractivity contribution in [3.05, 3.63) is 78.4 Å². The Kier molecular flexibility index (Phi) is 6.77. The number of hydrogen-bond acceptors (Lipinski definition) is 5. The number of amides is 3. The summed E-state index contributed by atoms with van der Waals surface area (Å²) in [6.45, 7) is 1.61. The summed E-state index contributed by atoms with van der Waals surface area (Å²) in [5, 5.41) is 5.56. The quantitative estimate of drug-likeness (QED) is 0.561. The number of fused-ring (bicyclic) bond motifs is 1. The first-order valence-electron chi connectivity index (χ1n) is 10.8. The maximum Gasteiger partial charge on any atom is 0.265 e. The molecule has 0 saturated carbocycles. The van der Waals surface area contributed by atoms with Crippen molar-refractivity contribution in [2.24, 2.45) is 0 Å². The van der Waals surface area contributed by atoms with Crippen LogP contribution in [0.3, 0.4) is 0 Å². The Bertz CT molecular complexity index is 1210. The van der Waals surface area contributed by atoms with Gasteiger partial charge in [-0.05, 0) is 55.0 Å². The summed E-state index contributed by atoms with van der Waals surface area (Å²) in [5.74, 6) is -0.0194. The van der Waals surface area contributed by atoms with Crippen LogP contribution in [0.5, 0.6) is 11.5 Å². The molecule has 0 saturated heterocycles. The van der Waals surface area contributed by atoms with Crippen LogP contribution in [0.15, 0.2) is 72.8 Å². The second kappa shape index (κ2) is 10.1. The van der Waals surface area contributed by atoms with Crippen LogP contribution in [0.4, 0.5) is 17.1 Å². The highest BCUT2D eigenvalue weighted by Gasteiger charge is 2.38. The third-order valence-corrected chi connectivity index (χ3v) is 5.50. The molecule has 0 aliphatic carbocycles. The normalized spacial score (nSPS) is 14.6. The zero-order valence-electron chi connectivity index (χ0n) is 18.9. The number of methoxy groups -OCH3 is 1. The van der Waals surface area contributed by atoms with E-state index in [-0.39, 0.29) is 13.0 Å². The number of nitrogens with one attached hydrogen (secondary N) is 2. The van der Waals surface area contributed by atoms with E-state index in [1.807, 2.05) is 25.1 Å². The number of carbonyl (C=O) groups excluding carboxylic acids is 3. The van der Waals surface area contributed by atoms with Gasteiger partial charge < -0.3 is 20.1 Å². The summed E-state index contributed by atoms with van der Waals surface area (Å²) < 4.78 is 10.9. The number of para-hydroxylation sites is 3. The predicted molar refractivity (Wildman–Crippen MR) is 129 cm³/mol. The third-order valence-electron chi connectivity index (χ3n) is 5.50. The van der Waals surface area contributed by atoms with Gasteiger partial charge in [0.1, 0.15) is 17.5 Å². The highest BCUT2D eigenvalue weighted by atomic mass is 16.5. The van der Waals surface area contributed by atoms with E-state index in [1.54, 1.807) is 61.7 Å². The summed E-state index contributed by atoms with van der Waals surface area (Å²) >= 11 is 0. The molecule has 3 aromatic carbocycles. The Morgan fingerprint density at radius 3 is 2.44 bits per heavy atom. The van der Waals surface area contributed by atoms with E-state index in [1.165, 1.54) is 4.90 Å². The third kappa shape index (κ3) is 5.01. The van der Waals surface area contributed by atoms with Crippen molar-refractivity contribution >= 4 is 34.8 Å². The first-order valence-corrected chi connectivity index (χ1v) is 10.8. The van der Waals surface area contributed by atoms with E-state index in [0.717, 1.165) is 5.56 Å². The van der Waals surface area contributed by atoms with Gasteiger partial charge in [0.2, 0.25) is 11.8 Å². The molecule has 1 aliphatic rings. The molecule has 3 aromatic rings. The average Bonchev–Trinajstić information content (AvgIpc) is 2.84. The molecule has 34 heavy (non-hydrogen) atoms. The molecule has 1 unspecified atom stereocenters. The molecule has 2 N–H and O–H groups in total. The van der Waals surface area contributed by atoms with Gasteiger partial charge in [0, 0.05) is 5.69 Å². The second-order valence-electron chi connectivity index (χ2n) is 7.82. The smallest absolute Gasteiger partial charge is 0.265 e. The molecule has 1 aliphatic heterocycles. The van der Waals surface area contributed by atoms with Gasteiger partial charge in [-0.2, -0.15) is 0 Å². The first-order chi connectivity index (χ1) is 16.5. The zero-order valence-corrected chi connectivity index (χ0v) is 18.9. The minimum Gasteiger partial charge on any atom is -0.497 e. The fraction of sp³-hybridized carbons (Fsp3) is 0.192. The lowest BCUT2D eigenvalue weighted by Crippen LogP contribution is -2.53. The van der Waals surface area contributed by atoms with E-state index < -0.39 is 23.8 Å². The molecule has 0 radical (unpaired) electrons. The topological polar surface area (TPSA) is 97.0 Å². The molecule has 8 nitrogen and oxygen atoms in total. The minimum absolute atomic E-state index is 0.220. The molecule has 3 amide bonds. The number of rotatable bonds is 7. The standard InChI is InChI=1S/C26H25N3O5/c1-17-7-3-6-10-23(17)34-16-25(31)29-21-9-5-4-8-20(21)28-26(32)22(29)15-24(30)27-18-11-13-19(33-2)14-12-18/h3-14,22H,15-16H2,1-2H3,(H,27,30)(H,28,32). The number of benzene rings is 3. The van der Waals surface area contributed by atoms with Crippen molar-refractivity contribution in [1.29, 1.82) is 0 Å². The number of nitrogens with zero attached hydrogens (tertiary/aromatic N) is 1. The summed E-state index contributed by atoms with van der Waals surface area (Å²) in [4.78, 5) is 40.4. The predicted octanol–water partition coefficient (Wildman–Crippen LogP) is 3.77. The number of ether oxygens (including phenoxy) is 2. The summed E-state index contributed by atoms with van der Waals surface area (Å²) in [7, 11) is 1.56. The molecule has 1 heterocycles. The van der Waals surface area contributed by atoms with Gasteiger partial charge in [-0.1, -0.05) is 30.3 Å². The van der Waals surface area contributed by atoms with Gasteiger partial charge in [0.05, 0.1) is 24.9 Å². The van der Waals surface area contributed by atoms with Crippen LogP contribution in [0.1, 0.15) is 12.0 Å². The molecular weight excluding hydrogens is 434 g/mol. The SMILES string of the molecule is COc1ccc(NC(=O)CC2C(=O)Nc3ccccc3N2C(=O)COc2ccccc2C)cc1. The largest absolute Gasteiger partial charge is 0.497 e. The number of hydrogen-bond donors (Lipinski definition) is 2. The second-order valence-corrected chi connectivity index (χ2v) is 7.82. The molecule has 174 valence electrons. The monoisotopic (exact) mass is 459 g/mol. The highest BCUT2D eigenvalue weighted by Crippen LogP contribution is 2.33. The molecule has 0 aromatic heterocycles. The molecule has 8 heteroatoms. The average molecular weight is 460 g/mol. The van der Waals surface area contributed by atoms with E-state index in [9.17, 15) is 14.4 Å². The van der Waals surface area contributed by atoms with Gasteiger partial charge >= 0.3 is 0 Å². The maximum atomic E-state index is 13.3. The lowest BCUT2D eigenvalue weighted by molar-refractivity contribution is -0.127. The number of aryl methyl sites for hydroxylation is 1. The molecule has 0 bridgehead atoms. The van der Waals surface area contributed by atoms with Crippen LogP contribution >= 0.6 is 0 Å². The summed E-state index contributed by atoms with van der Waals surface area (Å²) in [6, 6.07) is 20.2. The van der Waals surface area contributed by atoms with E-state index in [4.69, 9.17) is 9.47 Å². The Balaban J connectivity index is 1.53. The Morgan fingerprint density at radius 2 is 1.71 bits per heavy atom. The lowest BCUT2D eigenvalue weighted by atomic mass is 10.0. The molecule has 4 rings (SSSR count). The van der Waals surface area contributed by atoms with Gasteiger partial charge in [0.15, 0.2) is 6.61 Å². The Hall–Kier alpha value is -4.33. The summed E-state index contributed by atoms with van der Waals surface area (Å²) in [6.07, 6.45) is -0.220. The van der Waals surface area contributed by atoms with Crippen molar-refractivity contribution in [2.75, 3.05) is 29.3 Å². The van der Waals surface area contributed by atoms with Gasteiger partial charge in [0.25, 0.3) is 5.91 Å². The molecular formula is C26H25N3O5. The maximum absolute atomic E-state index is 13.3. The molecule has 0 spiro atoms. The van der Waals surface area contributed by atoms with Gasteiger partial charge in [-0.15, -0.1) is 0 Å². The summed E-state index contributed by atoms with van der Waals surface area (Å²) in [5.41, 5.74) is 2.47. The van der Waals surface area contributed by atoms with Crippen LogP contribution in [-0.2, 0) is 14.4 Å². The van der Waals surface area contributed by atoms with Crippen molar-refractivity contribution < 1.29 is 23.9 Å².